The molecule has 1 unspecified atom stereocenters. The third-order valence-corrected chi connectivity index (χ3v) is 2.80. The van der Waals surface area contributed by atoms with Gasteiger partial charge in [0.2, 0.25) is 0 Å². The molecule has 1 atom stereocenters. The Morgan fingerprint density at radius 3 is 2.44 bits per heavy atom. The van der Waals surface area contributed by atoms with Gasteiger partial charge in [0, 0.05) is 17.0 Å². The second kappa shape index (κ2) is 5.24. The molecule has 0 aromatic carbocycles. The summed E-state index contributed by atoms with van der Waals surface area (Å²) >= 11 is 0. The number of rotatable bonds is 4. The van der Waals surface area contributed by atoms with Crippen LogP contribution in [-0.4, -0.2) is 27.1 Å². The summed E-state index contributed by atoms with van der Waals surface area (Å²) in [7, 11) is 0. The fourth-order valence-corrected chi connectivity index (χ4v) is 1.92. The lowest BCUT2D eigenvalue weighted by Crippen LogP contribution is -2.31. The Hall–Kier alpha value is -1.79. The van der Waals surface area contributed by atoms with E-state index in [4.69, 9.17) is 5.11 Å². The van der Waals surface area contributed by atoms with Gasteiger partial charge in [-0.15, -0.1) is 0 Å². The molecule has 0 amide bonds. The standard InChI is InChI=1S/C11H14F2N2O3/c1-5(10(16)17)9-6(2)14-11(18)15(7(9)3)4-8(12)13/h5,8H,4H2,1-3H3,(H,16,17). The first-order chi connectivity index (χ1) is 8.25. The van der Waals surface area contributed by atoms with Gasteiger partial charge in [-0.05, 0) is 20.8 Å². The SMILES string of the molecule is Cc1nc(=O)n(CC(F)F)c(C)c1C(C)C(=O)O. The fraction of sp³-hybridized carbons (Fsp3) is 0.545. The van der Waals surface area contributed by atoms with Crippen molar-refractivity contribution in [2.75, 3.05) is 0 Å². The van der Waals surface area contributed by atoms with Crippen molar-refractivity contribution in [1.29, 1.82) is 0 Å². The van der Waals surface area contributed by atoms with Gasteiger partial charge in [0.05, 0.1) is 12.5 Å². The van der Waals surface area contributed by atoms with Crippen molar-refractivity contribution in [3.8, 4) is 0 Å². The summed E-state index contributed by atoms with van der Waals surface area (Å²) in [4.78, 5) is 26.1. The maximum atomic E-state index is 12.4. The van der Waals surface area contributed by atoms with Crippen LogP contribution < -0.4 is 5.69 Å². The van der Waals surface area contributed by atoms with Crippen LogP contribution in [-0.2, 0) is 11.3 Å². The quantitative estimate of drug-likeness (QED) is 0.886. The number of aromatic nitrogens is 2. The van der Waals surface area contributed by atoms with Gasteiger partial charge in [0.25, 0.3) is 6.43 Å². The lowest BCUT2D eigenvalue weighted by molar-refractivity contribution is -0.138. The smallest absolute Gasteiger partial charge is 0.348 e. The van der Waals surface area contributed by atoms with E-state index in [2.05, 4.69) is 4.98 Å². The Balaban J connectivity index is 3.44. The Bertz CT molecular complexity index is 526. The van der Waals surface area contributed by atoms with Crippen LogP contribution in [0, 0.1) is 13.8 Å². The molecule has 0 aliphatic carbocycles. The number of aryl methyl sites for hydroxylation is 1. The van der Waals surface area contributed by atoms with E-state index in [1.54, 1.807) is 0 Å². The molecule has 1 N–H and O–H groups in total. The van der Waals surface area contributed by atoms with E-state index in [0.29, 0.717) is 5.56 Å². The average Bonchev–Trinajstić information content (AvgIpc) is 2.23. The van der Waals surface area contributed by atoms with Gasteiger partial charge in [0.1, 0.15) is 0 Å². The summed E-state index contributed by atoms with van der Waals surface area (Å²) in [6.07, 6.45) is -2.70. The number of carbonyl (C=O) groups is 1. The van der Waals surface area contributed by atoms with Crippen molar-refractivity contribution in [1.82, 2.24) is 9.55 Å². The van der Waals surface area contributed by atoms with E-state index in [1.807, 2.05) is 0 Å². The second-order valence-electron chi connectivity index (χ2n) is 4.04. The number of hydrogen-bond donors (Lipinski definition) is 1. The summed E-state index contributed by atoms with van der Waals surface area (Å²) in [6.45, 7) is 3.59. The zero-order valence-corrected chi connectivity index (χ0v) is 10.3. The van der Waals surface area contributed by atoms with Crippen LogP contribution in [0.15, 0.2) is 4.79 Å². The molecule has 0 aliphatic heterocycles. The Kier molecular flexibility index (Phi) is 4.15. The fourth-order valence-electron chi connectivity index (χ4n) is 1.92. The van der Waals surface area contributed by atoms with Crippen molar-refractivity contribution in [3.63, 3.8) is 0 Å². The van der Waals surface area contributed by atoms with Crippen LogP contribution >= 0.6 is 0 Å². The highest BCUT2D eigenvalue weighted by Crippen LogP contribution is 2.21. The van der Waals surface area contributed by atoms with E-state index in [9.17, 15) is 18.4 Å². The van der Waals surface area contributed by atoms with Crippen molar-refractivity contribution in [3.05, 3.63) is 27.4 Å². The second-order valence-corrected chi connectivity index (χ2v) is 4.04. The number of aliphatic carboxylic acids is 1. The Morgan fingerprint density at radius 1 is 1.44 bits per heavy atom. The molecule has 18 heavy (non-hydrogen) atoms. The lowest BCUT2D eigenvalue weighted by atomic mass is 9.98. The van der Waals surface area contributed by atoms with Crippen molar-refractivity contribution < 1.29 is 18.7 Å². The monoisotopic (exact) mass is 260 g/mol. The van der Waals surface area contributed by atoms with E-state index < -0.39 is 30.5 Å². The van der Waals surface area contributed by atoms with Gasteiger partial charge in [-0.3, -0.25) is 9.36 Å². The molecule has 0 saturated heterocycles. The zero-order valence-electron chi connectivity index (χ0n) is 10.3. The third-order valence-electron chi connectivity index (χ3n) is 2.80. The first-order valence-corrected chi connectivity index (χ1v) is 5.34. The predicted octanol–water partition coefficient (Wildman–Crippen LogP) is 1.31. The van der Waals surface area contributed by atoms with Crippen LogP contribution in [0.2, 0.25) is 0 Å². The molecular formula is C11H14F2N2O3. The largest absolute Gasteiger partial charge is 0.481 e. The highest BCUT2D eigenvalue weighted by Gasteiger charge is 2.23. The minimum absolute atomic E-state index is 0.225. The summed E-state index contributed by atoms with van der Waals surface area (Å²) in [5.74, 6) is -1.99. The van der Waals surface area contributed by atoms with E-state index in [-0.39, 0.29) is 11.4 Å². The van der Waals surface area contributed by atoms with Crippen LogP contribution in [0.25, 0.3) is 0 Å². The van der Waals surface area contributed by atoms with Crippen molar-refractivity contribution in [2.24, 2.45) is 0 Å². The first kappa shape index (κ1) is 14.3. The Morgan fingerprint density at radius 2 is 2.00 bits per heavy atom. The molecule has 0 saturated carbocycles. The number of hydrogen-bond acceptors (Lipinski definition) is 3. The number of alkyl halides is 2. The van der Waals surface area contributed by atoms with Crippen molar-refractivity contribution >= 4 is 5.97 Å². The zero-order chi connectivity index (χ0) is 14.0. The van der Waals surface area contributed by atoms with Crippen LogP contribution in [0.5, 0.6) is 0 Å². The van der Waals surface area contributed by atoms with Crippen LogP contribution in [0.3, 0.4) is 0 Å². The predicted molar refractivity (Wildman–Crippen MR) is 60.0 cm³/mol. The molecule has 1 rings (SSSR count). The summed E-state index contributed by atoms with van der Waals surface area (Å²) in [5.41, 5.74) is 0.00926. The Labute approximate surface area is 102 Å². The number of carboxylic acids is 1. The lowest BCUT2D eigenvalue weighted by Gasteiger charge is -2.17. The topological polar surface area (TPSA) is 72.2 Å². The van der Waals surface area contributed by atoms with Crippen LogP contribution in [0.4, 0.5) is 8.78 Å². The molecule has 0 spiro atoms. The molecule has 5 nitrogen and oxygen atoms in total. The van der Waals surface area contributed by atoms with Gasteiger partial charge in [0.15, 0.2) is 0 Å². The molecule has 100 valence electrons. The van der Waals surface area contributed by atoms with Gasteiger partial charge in [-0.25, -0.2) is 13.6 Å². The maximum Gasteiger partial charge on any atom is 0.348 e. The molecule has 7 heteroatoms. The van der Waals surface area contributed by atoms with Crippen LogP contribution in [0.1, 0.15) is 29.8 Å². The summed E-state index contributed by atoms with van der Waals surface area (Å²) < 4.78 is 25.5. The average molecular weight is 260 g/mol. The van der Waals surface area contributed by atoms with Gasteiger partial charge >= 0.3 is 11.7 Å². The van der Waals surface area contributed by atoms with E-state index >= 15 is 0 Å². The molecular weight excluding hydrogens is 246 g/mol. The molecule has 1 aromatic heterocycles. The normalized spacial score (nSPS) is 12.8. The molecule has 0 bridgehead atoms. The first-order valence-electron chi connectivity index (χ1n) is 5.34. The highest BCUT2D eigenvalue weighted by molar-refractivity contribution is 5.76. The maximum absolute atomic E-state index is 12.4. The minimum Gasteiger partial charge on any atom is -0.481 e. The number of carboxylic acid groups (broad SMARTS) is 1. The van der Waals surface area contributed by atoms with Gasteiger partial charge in [-0.1, -0.05) is 0 Å². The number of halogens is 2. The molecule has 0 radical (unpaired) electrons. The van der Waals surface area contributed by atoms with Gasteiger partial charge < -0.3 is 5.11 Å². The van der Waals surface area contributed by atoms with E-state index in [0.717, 1.165) is 4.57 Å². The van der Waals surface area contributed by atoms with Gasteiger partial charge in [-0.2, -0.15) is 4.98 Å². The molecule has 0 aliphatic rings. The van der Waals surface area contributed by atoms with Crippen molar-refractivity contribution in [2.45, 2.75) is 39.7 Å². The molecule has 0 fully saturated rings. The highest BCUT2D eigenvalue weighted by atomic mass is 19.3. The summed E-state index contributed by atoms with van der Waals surface area (Å²) in [5, 5.41) is 8.96. The molecule has 1 heterocycles. The number of nitrogens with zero attached hydrogens (tertiary/aromatic N) is 2. The third kappa shape index (κ3) is 2.72. The van der Waals surface area contributed by atoms with E-state index in [1.165, 1.54) is 20.8 Å². The summed E-state index contributed by atoms with van der Waals surface area (Å²) in [6, 6.07) is 0. The minimum atomic E-state index is -2.70. The molecule has 1 aromatic rings.